The SMILES string of the molecule is C=C(COC(=O)C(C)(C)C)C[C@@H](O)C[C@@H](C)[C@H]1CC[C@H]2/C(=C/Br)CCC[C@]12C. The molecule has 0 heterocycles. The first kappa shape index (κ1) is 23.7. The summed E-state index contributed by atoms with van der Waals surface area (Å²) in [4.78, 5) is 14.1. The summed E-state index contributed by atoms with van der Waals surface area (Å²) >= 11 is 3.59. The van der Waals surface area contributed by atoms with E-state index in [9.17, 15) is 9.90 Å². The number of ether oxygens (including phenoxy) is 1. The molecule has 0 unspecified atom stereocenters. The molecule has 0 amide bonds. The average Bonchev–Trinajstić information content (AvgIpc) is 2.95. The monoisotopic (exact) mass is 454 g/mol. The average molecular weight is 455 g/mol. The van der Waals surface area contributed by atoms with Crippen LogP contribution in [0.2, 0.25) is 0 Å². The van der Waals surface area contributed by atoms with Crippen molar-refractivity contribution < 1.29 is 14.6 Å². The number of allylic oxidation sites excluding steroid dienone is 1. The Morgan fingerprint density at radius 1 is 1.43 bits per heavy atom. The number of aliphatic hydroxyl groups is 1. The van der Waals surface area contributed by atoms with Gasteiger partial charge in [0.1, 0.15) is 6.61 Å². The fraction of sp³-hybridized carbons (Fsp3) is 0.792. The van der Waals surface area contributed by atoms with Crippen LogP contribution < -0.4 is 0 Å². The van der Waals surface area contributed by atoms with Crippen molar-refractivity contribution in [3.05, 3.63) is 22.7 Å². The van der Waals surface area contributed by atoms with Gasteiger partial charge >= 0.3 is 5.97 Å². The standard InChI is InChI=1S/C24H39BrO3/c1-16(15-28-22(27)23(3,4)5)12-19(26)13-17(2)20-9-10-21-18(14-25)8-7-11-24(20,21)6/h14,17,19-21,26H,1,7-13,15H2,2-6H3/b18-14+/t17-,19-,20-,21+,24-/m1/s1. The van der Waals surface area contributed by atoms with Gasteiger partial charge in [0.25, 0.3) is 0 Å². The number of esters is 1. The lowest BCUT2D eigenvalue weighted by Gasteiger charge is -2.44. The molecule has 2 aliphatic rings. The van der Waals surface area contributed by atoms with E-state index in [1.807, 2.05) is 20.8 Å². The quantitative estimate of drug-likeness (QED) is 0.357. The predicted molar refractivity (Wildman–Crippen MR) is 119 cm³/mol. The highest BCUT2D eigenvalue weighted by molar-refractivity contribution is 9.11. The fourth-order valence-electron chi connectivity index (χ4n) is 5.60. The number of hydrogen-bond donors (Lipinski definition) is 1. The zero-order valence-electron chi connectivity index (χ0n) is 18.4. The first-order valence-electron chi connectivity index (χ1n) is 10.8. The summed E-state index contributed by atoms with van der Waals surface area (Å²) in [5.74, 6) is 1.60. The highest BCUT2D eigenvalue weighted by Gasteiger charge is 2.50. The van der Waals surface area contributed by atoms with Crippen LogP contribution in [0.5, 0.6) is 0 Å². The van der Waals surface area contributed by atoms with Crippen LogP contribution in [0.3, 0.4) is 0 Å². The third-order valence-corrected chi connectivity index (χ3v) is 7.64. The molecular weight excluding hydrogens is 416 g/mol. The first-order valence-corrected chi connectivity index (χ1v) is 11.7. The topological polar surface area (TPSA) is 46.5 Å². The minimum Gasteiger partial charge on any atom is -0.461 e. The second kappa shape index (κ2) is 9.47. The summed E-state index contributed by atoms with van der Waals surface area (Å²) in [6.07, 6.45) is 7.18. The molecule has 1 N–H and O–H groups in total. The van der Waals surface area contributed by atoms with E-state index in [0.29, 0.717) is 29.6 Å². The van der Waals surface area contributed by atoms with Crippen molar-refractivity contribution in [3.63, 3.8) is 0 Å². The Hall–Kier alpha value is -0.610. The number of carbonyl (C=O) groups excluding carboxylic acids is 1. The Bertz CT molecular complexity index is 603. The van der Waals surface area contributed by atoms with E-state index < -0.39 is 11.5 Å². The predicted octanol–water partition coefficient (Wildman–Crippen LogP) is 6.40. The minimum atomic E-state index is -0.510. The van der Waals surface area contributed by atoms with E-state index >= 15 is 0 Å². The summed E-state index contributed by atoms with van der Waals surface area (Å²) < 4.78 is 5.32. The molecule has 0 saturated heterocycles. The van der Waals surface area contributed by atoms with Gasteiger partial charge in [-0.05, 0) is 99.4 Å². The lowest BCUT2D eigenvalue weighted by Crippen LogP contribution is -2.36. The van der Waals surface area contributed by atoms with Crippen LogP contribution in [0.4, 0.5) is 0 Å². The Balaban J connectivity index is 1.86. The third kappa shape index (κ3) is 5.50. The lowest BCUT2D eigenvalue weighted by molar-refractivity contribution is -0.152. The molecule has 0 aliphatic heterocycles. The molecule has 0 aromatic carbocycles. The van der Waals surface area contributed by atoms with Crippen molar-refractivity contribution in [1.82, 2.24) is 0 Å². The highest BCUT2D eigenvalue weighted by Crippen LogP contribution is 2.60. The van der Waals surface area contributed by atoms with E-state index in [2.05, 4.69) is 41.3 Å². The largest absolute Gasteiger partial charge is 0.461 e. The first-order chi connectivity index (χ1) is 13.0. The Morgan fingerprint density at radius 3 is 2.71 bits per heavy atom. The molecule has 4 heteroatoms. The maximum atomic E-state index is 11.9. The van der Waals surface area contributed by atoms with Gasteiger partial charge in [0.15, 0.2) is 0 Å². The molecular formula is C24H39BrO3. The van der Waals surface area contributed by atoms with Gasteiger partial charge in [-0.3, -0.25) is 4.79 Å². The third-order valence-electron chi connectivity index (χ3n) is 7.05. The van der Waals surface area contributed by atoms with Gasteiger partial charge in [0.2, 0.25) is 0 Å². The molecule has 2 fully saturated rings. The number of aliphatic hydroxyl groups excluding tert-OH is 1. The molecule has 160 valence electrons. The molecule has 3 nitrogen and oxygen atoms in total. The Kier molecular flexibility index (Phi) is 8.00. The van der Waals surface area contributed by atoms with Gasteiger partial charge in [-0.2, -0.15) is 0 Å². The van der Waals surface area contributed by atoms with Crippen molar-refractivity contribution in [2.45, 2.75) is 85.7 Å². The molecule has 2 saturated carbocycles. The van der Waals surface area contributed by atoms with Crippen molar-refractivity contribution in [3.8, 4) is 0 Å². The van der Waals surface area contributed by atoms with Crippen LogP contribution in [-0.4, -0.2) is 23.8 Å². The smallest absolute Gasteiger partial charge is 0.311 e. The van der Waals surface area contributed by atoms with Crippen LogP contribution in [0, 0.1) is 28.6 Å². The van der Waals surface area contributed by atoms with Crippen LogP contribution in [-0.2, 0) is 9.53 Å². The van der Waals surface area contributed by atoms with Crippen molar-refractivity contribution in [1.29, 1.82) is 0 Å². The zero-order valence-corrected chi connectivity index (χ0v) is 20.0. The van der Waals surface area contributed by atoms with Crippen molar-refractivity contribution >= 4 is 21.9 Å². The number of carbonyl (C=O) groups is 1. The van der Waals surface area contributed by atoms with Crippen LogP contribution >= 0.6 is 15.9 Å². The minimum absolute atomic E-state index is 0.199. The van der Waals surface area contributed by atoms with Crippen LogP contribution in [0.15, 0.2) is 22.7 Å². The maximum absolute atomic E-state index is 11.9. The van der Waals surface area contributed by atoms with Crippen molar-refractivity contribution in [2.24, 2.45) is 28.6 Å². The molecule has 0 aromatic heterocycles. The molecule has 0 spiro atoms. The summed E-state index contributed by atoms with van der Waals surface area (Å²) in [5, 5.41) is 10.6. The van der Waals surface area contributed by atoms with Gasteiger partial charge in [-0.25, -0.2) is 0 Å². The molecule has 0 bridgehead atoms. The van der Waals surface area contributed by atoms with E-state index in [0.717, 1.165) is 12.0 Å². The summed E-state index contributed by atoms with van der Waals surface area (Å²) in [6.45, 7) is 14.5. The van der Waals surface area contributed by atoms with Gasteiger partial charge in [-0.1, -0.05) is 41.9 Å². The summed E-state index contributed by atoms with van der Waals surface area (Å²) in [6, 6.07) is 0. The fourth-order valence-corrected chi connectivity index (χ4v) is 6.15. The van der Waals surface area contributed by atoms with E-state index in [4.69, 9.17) is 4.74 Å². The van der Waals surface area contributed by atoms with Gasteiger partial charge in [-0.15, -0.1) is 0 Å². The Labute approximate surface area is 180 Å². The molecule has 0 radical (unpaired) electrons. The second-order valence-electron chi connectivity index (χ2n) is 10.4. The molecule has 2 rings (SSSR count). The van der Waals surface area contributed by atoms with Crippen molar-refractivity contribution in [2.75, 3.05) is 6.61 Å². The molecule has 2 aliphatic carbocycles. The normalized spacial score (nSPS) is 31.3. The molecule has 5 atom stereocenters. The van der Waals surface area contributed by atoms with Gasteiger partial charge in [0.05, 0.1) is 11.5 Å². The summed E-state index contributed by atoms with van der Waals surface area (Å²) in [5.41, 5.74) is 2.22. The van der Waals surface area contributed by atoms with Crippen LogP contribution in [0.1, 0.15) is 79.6 Å². The Morgan fingerprint density at radius 2 is 2.11 bits per heavy atom. The highest BCUT2D eigenvalue weighted by atomic mass is 79.9. The lowest BCUT2D eigenvalue weighted by atomic mass is 9.61. The van der Waals surface area contributed by atoms with Crippen LogP contribution in [0.25, 0.3) is 0 Å². The second-order valence-corrected chi connectivity index (χ2v) is 10.9. The number of rotatable bonds is 7. The van der Waals surface area contributed by atoms with Gasteiger partial charge in [0, 0.05) is 0 Å². The number of hydrogen-bond acceptors (Lipinski definition) is 3. The van der Waals surface area contributed by atoms with Gasteiger partial charge < -0.3 is 9.84 Å². The summed E-state index contributed by atoms with van der Waals surface area (Å²) in [7, 11) is 0. The maximum Gasteiger partial charge on any atom is 0.311 e. The number of halogens is 1. The number of fused-ring (bicyclic) bond motifs is 1. The zero-order chi connectivity index (χ0) is 21.1. The molecule has 0 aromatic rings. The van der Waals surface area contributed by atoms with E-state index in [1.165, 1.54) is 32.1 Å². The molecule has 28 heavy (non-hydrogen) atoms. The van der Waals surface area contributed by atoms with E-state index in [-0.39, 0.29) is 12.6 Å². The van der Waals surface area contributed by atoms with E-state index in [1.54, 1.807) is 5.57 Å².